The molecular formula is C14H11ClN2O5S2. The summed E-state index contributed by atoms with van der Waals surface area (Å²) in [6.07, 6.45) is 0. The fourth-order valence-electron chi connectivity index (χ4n) is 1.82. The fourth-order valence-corrected chi connectivity index (χ4v) is 5.29. The Bertz CT molecular complexity index is 1010. The zero-order valence-electron chi connectivity index (χ0n) is 12.2. The SMILES string of the molecule is COc1ccc(S(=O)(=O)C(=[N+]=[N-])S(=O)(=O)c2ccc(Cl)cc2)cc1. The highest BCUT2D eigenvalue weighted by Gasteiger charge is 2.43. The molecule has 126 valence electrons. The standard InChI is InChI=1S/C14H11ClN2O5S2/c1-22-11-4-8-13(9-5-11)24(20,21)14(17-16)23(18,19)12-6-2-10(15)3-7-12/h2-9H,1H3. The molecule has 7 nitrogen and oxygen atoms in total. The van der Waals surface area contributed by atoms with E-state index < -0.39 is 24.1 Å². The summed E-state index contributed by atoms with van der Waals surface area (Å²) in [6.45, 7) is 0. The van der Waals surface area contributed by atoms with E-state index in [-0.39, 0.29) is 14.8 Å². The van der Waals surface area contributed by atoms with Gasteiger partial charge in [0.25, 0.3) is 19.7 Å². The van der Waals surface area contributed by atoms with Gasteiger partial charge in [-0.05, 0) is 48.5 Å². The molecule has 0 saturated heterocycles. The minimum absolute atomic E-state index is 0.273. The van der Waals surface area contributed by atoms with Gasteiger partial charge < -0.3 is 10.3 Å². The van der Waals surface area contributed by atoms with Crippen LogP contribution in [0.4, 0.5) is 0 Å². The van der Waals surface area contributed by atoms with Crippen LogP contribution in [0, 0.1) is 0 Å². The maximum atomic E-state index is 12.5. The van der Waals surface area contributed by atoms with Gasteiger partial charge in [-0.15, -0.1) is 4.79 Å². The van der Waals surface area contributed by atoms with Gasteiger partial charge >= 0.3 is 4.38 Å². The molecule has 0 aliphatic rings. The Morgan fingerprint density at radius 3 is 1.71 bits per heavy atom. The van der Waals surface area contributed by atoms with Gasteiger partial charge in [0.05, 0.1) is 16.9 Å². The van der Waals surface area contributed by atoms with Gasteiger partial charge in [-0.1, -0.05) is 11.6 Å². The van der Waals surface area contributed by atoms with Gasteiger partial charge in [0.15, 0.2) is 0 Å². The minimum Gasteiger partial charge on any atom is -0.497 e. The first-order chi connectivity index (χ1) is 11.2. The number of halogens is 1. The van der Waals surface area contributed by atoms with Crippen molar-refractivity contribution in [3.05, 3.63) is 59.1 Å². The zero-order chi connectivity index (χ0) is 18.0. The lowest BCUT2D eigenvalue weighted by Gasteiger charge is -2.04. The van der Waals surface area contributed by atoms with Crippen LogP contribution in [-0.4, -0.2) is 33.1 Å². The lowest BCUT2D eigenvalue weighted by Crippen LogP contribution is -2.26. The van der Waals surface area contributed by atoms with E-state index in [2.05, 4.69) is 4.79 Å². The molecule has 0 aliphatic heterocycles. The highest BCUT2D eigenvalue weighted by Crippen LogP contribution is 2.23. The predicted octanol–water partition coefficient (Wildman–Crippen LogP) is 2.18. The van der Waals surface area contributed by atoms with Crippen LogP contribution in [0.25, 0.3) is 5.53 Å². The molecular weight excluding hydrogens is 376 g/mol. The summed E-state index contributed by atoms with van der Waals surface area (Å²) in [7, 11) is -7.74. The van der Waals surface area contributed by atoms with Crippen LogP contribution in [0.1, 0.15) is 0 Å². The maximum Gasteiger partial charge on any atom is 0.504 e. The van der Waals surface area contributed by atoms with E-state index >= 15 is 0 Å². The zero-order valence-corrected chi connectivity index (χ0v) is 14.6. The third-order valence-electron chi connectivity index (χ3n) is 3.04. The third-order valence-corrected chi connectivity index (χ3v) is 7.47. The molecule has 2 aromatic rings. The number of hydrogen-bond acceptors (Lipinski definition) is 5. The molecule has 0 amide bonds. The Labute approximate surface area is 143 Å². The highest BCUT2D eigenvalue weighted by molar-refractivity contribution is 8.31. The Morgan fingerprint density at radius 2 is 1.33 bits per heavy atom. The molecule has 0 spiro atoms. The summed E-state index contributed by atoms with van der Waals surface area (Å²) in [5, 5.41) is 0.273. The van der Waals surface area contributed by atoms with E-state index in [0.717, 1.165) is 24.3 Å². The molecule has 0 radical (unpaired) electrons. The van der Waals surface area contributed by atoms with Crippen molar-refractivity contribution in [3.63, 3.8) is 0 Å². The first-order valence-electron chi connectivity index (χ1n) is 6.35. The third kappa shape index (κ3) is 3.34. The fraction of sp³-hybridized carbons (Fsp3) is 0.0714. The summed E-state index contributed by atoms with van der Waals surface area (Å²) in [6, 6.07) is 9.78. The highest BCUT2D eigenvalue weighted by atomic mass is 35.5. The monoisotopic (exact) mass is 386 g/mol. The Kier molecular flexibility index (Phi) is 5.10. The minimum atomic E-state index is -4.57. The lowest BCUT2D eigenvalue weighted by molar-refractivity contribution is 0.00380. The topological polar surface area (TPSA) is 114 Å². The molecule has 0 heterocycles. The van der Waals surface area contributed by atoms with Gasteiger partial charge in [-0.2, -0.15) is 0 Å². The molecule has 2 aromatic carbocycles. The first kappa shape index (κ1) is 18.2. The van der Waals surface area contributed by atoms with Gasteiger partial charge in [0, 0.05) is 5.02 Å². The Morgan fingerprint density at radius 1 is 0.917 bits per heavy atom. The number of methoxy groups -OCH3 is 1. The molecule has 0 saturated carbocycles. The molecule has 10 heteroatoms. The van der Waals surface area contributed by atoms with Crippen molar-refractivity contribution in [2.45, 2.75) is 9.79 Å². The van der Waals surface area contributed by atoms with E-state index in [1.165, 1.54) is 31.4 Å². The van der Waals surface area contributed by atoms with Crippen LogP contribution in [0.2, 0.25) is 5.02 Å². The van der Waals surface area contributed by atoms with Crippen LogP contribution in [0.5, 0.6) is 5.75 Å². The van der Waals surface area contributed by atoms with Gasteiger partial charge in [0.1, 0.15) is 5.75 Å². The summed E-state index contributed by atoms with van der Waals surface area (Å²) >= 11 is 5.69. The average Bonchev–Trinajstić information content (AvgIpc) is 2.55. The summed E-state index contributed by atoms with van der Waals surface area (Å²) in [4.78, 5) is 1.81. The molecule has 0 atom stereocenters. The maximum absolute atomic E-state index is 12.5. The molecule has 0 bridgehead atoms. The van der Waals surface area contributed by atoms with Crippen molar-refractivity contribution in [1.29, 1.82) is 0 Å². The van der Waals surface area contributed by atoms with Crippen molar-refractivity contribution < 1.29 is 26.4 Å². The largest absolute Gasteiger partial charge is 0.504 e. The average molecular weight is 387 g/mol. The number of nitrogens with zero attached hydrogens (tertiary/aromatic N) is 2. The van der Waals surface area contributed by atoms with Crippen molar-refractivity contribution >= 4 is 35.7 Å². The van der Waals surface area contributed by atoms with E-state index in [1.54, 1.807) is 0 Å². The molecule has 24 heavy (non-hydrogen) atoms. The second-order valence-corrected chi connectivity index (χ2v) is 8.93. The Hall–Kier alpha value is -2.19. The van der Waals surface area contributed by atoms with Crippen molar-refractivity contribution in [3.8, 4) is 5.75 Å². The second-order valence-electron chi connectivity index (χ2n) is 4.50. The van der Waals surface area contributed by atoms with Crippen LogP contribution in [-0.2, 0) is 19.7 Å². The van der Waals surface area contributed by atoms with E-state index in [1.807, 2.05) is 0 Å². The van der Waals surface area contributed by atoms with Gasteiger partial charge in [-0.25, -0.2) is 16.8 Å². The molecule has 0 aliphatic carbocycles. The Balaban J connectivity index is 2.57. The molecule has 0 aromatic heterocycles. The summed E-state index contributed by atoms with van der Waals surface area (Å²) in [5.74, 6) is 0.386. The quantitative estimate of drug-likeness (QED) is 0.347. The van der Waals surface area contributed by atoms with E-state index in [4.69, 9.17) is 21.9 Å². The van der Waals surface area contributed by atoms with Gasteiger partial charge in [-0.3, -0.25) is 0 Å². The van der Waals surface area contributed by atoms with E-state index in [0.29, 0.717) is 5.75 Å². The smallest absolute Gasteiger partial charge is 0.497 e. The van der Waals surface area contributed by atoms with Crippen LogP contribution in [0.3, 0.4) is 0 Å². The number of rotatable bonds is 3. The van der Waals surface area contributed by atoms with Crippen molar-refractivity contribution in [2.75, 3.05) is 7.11 Å². The van der Waals surface area contributed by atoms with Crippen LogP contribution in [0.15, 0.2) is 58.3 Å². The van der Waals surface area contributed by atoms with Crippen molar-refractivity contribution in [1.82, 2.24) is 0 Å². The number of sulfone groups is 2. The molecule has 0 fully saturated rings. The first-order valence-corrected chi connectivity index (χ1v) is 9.70. The van der Waals surface area contributed by atoms with Crippen LogP contribution >= 0.6 is 11.6 Å². The number of hydrogen-bond donors (Lipinski definition) is 0. The normalized spacial score (nSPS) is 11.6. The molecule has 2 rings (SSSR count). The number of benzene rings is 2. The predicted molar refractivity (Wildman–Crippen MR) is 87.4 cm³/mol. The molecule has 0 N–H and O–H groups in total. The van der Waals surface area contributed by atoms with Crippen LogP contribution < -0.4 is 4.74 Å². The van der Waals surface area contributed by atoms with Gasteiger partial charge in [0.2, 0.25) is 0 Å². The number of ether oxygens (including phenoxy) is 1. The second kappa shape index (κ2) is 6.74. The molecule has 0 unspecified atom stereocenters. The van der Waals surface area contributed by atoms with E-state index in [9.17, 15) is 16.8 Å². The lowest BCUT2D eigenvalue weighted by atomic mass is 10.3. The summed E-state index contributed by atoms with van der Waals surface area (Å²) in [5.41, 5.74) is 9.05. The van der Waals surface area contributed by atoms with Crippen molar-refractivity contribution in [2.24, 2.45) is 0 Å². The summed E-state index contributed by atoms with van der Waals surface area (Å²) < 4.78 is 53.5.